The number of fused-ring (bicyclic) bond motifs is 1. The lowest BCUT2D eigenvalue weighted by atomic mass is 10.1. The number of amides is 1. The summed E-state index contributed by atoms with van der Waals surface area (Å²) in [5.74, 6) is 2.99. The first-order valence-electron chi connectivity index (χ1n) is 6.98. The molecule has 1 aromatic carbocycles. The van der Waals surface area contributed by atoms with E-state index in [-0.39, 0.29) is 12.1 Å². The summed E-state index contributed by atoms with van der Waals surface area (Å²) in [6.07, 6.45) is 0.903. The van der Waals surface area contributed by atoms with Crippen LogP contribution in [-0.2, 0) is 0 Å². The molecule has 2 N–H and O–H groups in total. The molecule has 102 valence electrons. The fourth-order valence-electron chi connectivity index (χ4n) is 2.79. The maximum absolute atomic E-state index is 12.1. The number of furan rings is 1. The van der Waals surface area contributed by atoms with Crippen LogP contribution in [0.5, 0.6) is 0 Å². The van der Waals surface area contributed by atoms with E-state index in [1.807, 2.05) is 36.4 Å². The van der Waals surface area contributed by atoms with E-state index >= 15 is 0 Å². The van der Waals surface area contributed by atoms with Crippen molar-refractivity contribution >= 4 is 11.6 Å². The minimum absolute atomic E-state index is 0.0675. The maximum Gasteiger partial charge on any atom is 0.255 e. The summed E-state index contributed by atoms with van der Waals surface area (Å²) in [4.78, 5) is 12.1. The quantitative estimate of drug-likeness (QED) is 0.879. The van der Waals surface area contributed by atoms with Crippen LogP contribution in [0.3, 0.4) is 0 Å². The number of rotatable bonds is 2. The Hall–Kier alpha value is -2.23. The average molecular weight is 268 g/mol. The predicted molar refractivity (Wildman–Crippen MR) is 75.5 cm³/mol. The van der Waals surface area contributed by atoms with Crippen molar-refractivity contribution in [3.63, 3.8) is 0 Å². The van der Waals surface area contributed by atoms with E-state index in [4.69, 9.17) is 4.42 Å². The Morgan fingerprint density at radius 2 is 1.85 bits per heavy atom. The number of hydrogen-bond donors (Lipinski definition) is 2. The molecule has 4 heteroatoms. The van der Waals surface area contributed by atoms with E-state index in [1.165, 1.54) is 6.42 Å². The molecule has 1 aromatic heterocycles. The molecule has 4 rings (SSSR count). The smallest absolute Gasteiger partial charge is 0.255 e. The third-order valence-electron chi connectivity index (χ3n) is 4.15. The Balaban J connectivity index is 1.61. The highest BCUT2D eigenvalue weighted by atomic mass is 16.3. The van der Waals surface area contributed by atoms with Crippen LogP contribution < -0.4 is 10.6 Å². The normalized spacial score (nSPS) is 27.4. The van der Waals surface area contributed by atoms with Crippen molar-refractivity contribution in [3.8, 4) is 0 Å². The molecule has 4 nitrogen and oxygen atoms in total. The Kier molecular flexibility index (Phi) is 2.39. The molecule has 2 aromatic rings. The lowest BCUT2D eigenvalue weighted by molar-refractivity contribution is 0.0930. The predicted octanol–water partition coefficient (Wildman–Crippen LogP) is 3.26. The molecule has 2 heterocycles. The minimum Gasteiger partial charge on any atom is -0.462 e. The highest BCUT2D eigenvalue weighted by Gasteiger charge is 2.37. The zero-order valence-electron chi connectivity index (χ0n) is 11.2. The number of anilines is 1. The van der Waals surface area contributed by atoms with Crippen LogP contribution in [0.1, 0.15) is 47.3 Å². The van der Waals surface area contributed by atoms with Crippen LogP contribution in [-0.4, -0.2) is 5.91 Å². The first kappa shape index (κ1) is 11.6. The average Bonchev–Trinajstić information content (AvgIpc) is 3.00. The summed E-state index contributed by atoms with van der Waals surface area (Å²) in [6.45, 7) is 2.23. The highest BCUT2D eigenvalue weighted by molar-refractivity contribution is 6.01. The zero-order chi connectivity index (χ0) is 13.7. The van der Waals surface area contributed by atoms with Gasteiger partial charge in [0.05, 0.1) is 5.56 Å². The van der Waals surface area contributed by atoms with E-state index in [1.54, 1.807) is 0 Å². The van der Waals surface area contributed by atoms with Crippen molar-refractivity contribution < 1.29 is 9.21 Å². The van der Waals surface area contributed by atoms with Crippen LogP contribution in [0.4, 0.5) is 5.69 Å². The van der Waals surface area contributed by atoms with Gasteiger partial charge in [0.15, 0.2) is 6.17 Å². The number of hydrogen-bond acceptors (Lipinski definition) is 3. The fourth-order valence-corrected chi connectivity index (χ4v) is 2.79. The second-order valence-corrected chi connectivity index (χ2v) is 5.66. The molecule has 1 saturated carbocycles. The van der Waals surface area contributed by atoms with Gasteiger partial charge in [0.1, 0.15) is 11.5 Å². The third kappa shape index (κ3) is 1.80. The fraction of sp³-hybridized carbons (Fsp3) is 0.312. The molecule has 3 atom stereocenters. The molecular weight excluding hydrogens is 252 g/mol. The van der Waals surface area contributed by atoms with E-state index in [0.717, 1.165) is 17.2 Å². The van der Waals surface area contributed by atoms with E-state index in [0.29, 0.717) is 17.4 Å². The lowest BCUT2D eigenvalue weighted by Gasteiger charge is -2.26. The first-order valence-corrected chi connectivity index (χ1v) is 6.98. The van der Waals surface area contributed by atoms with Crippen LogP contribution in [0.25, 0.3) is 0 Å². The van der Waals surface area contributed by atoms with Crippen molar-refractivity contribution in [2.45, 2.75) is 25.4 Å². The highest BCUT2D eigenvalue weighted by Crippen LogP contribution is 2.47. The van der Waals surface area contributed by atoms with Crippen LogP contribution in [0.2, 0.25) is 0 Å². The van der Waals surface area contributed by atoms with Gasteiger partial charge >= 0.3 is 0 Å². The number of carbonyl (C=O) groups excluding carboxylic acids is 1. The van der Waals surface area contributed by atoms with Crippen LogP contribution in [0, 0.1) is 5.92 Å². The van der Waals surface area contributed by atoms with Crippen molar-refractivity contribution in [1.82, 2.24) is 5.32 Å². The Morgan fingerprint density at radius 3 is 2.65 bits per heavy atom. The van der Waals surface area contributed by atoms with Gasteiger partial charge in [-0.1, -0.05) is 19.1 Å². The van der Waals surface area contributed by atoms with Gasteiger partial charge in [0, 0.05) is 11.6 Å². The molecule has 1 amide bonds. The number of nitrogens with one attached hydrogen (secondary N) is 2. The summed E-state index contributed by atoms with van der Waals surface area (Å²) >= 11 is 0. The molecule has 2 aliphatic rings. The van der Waals surface area contributed by atoms with Crippen molar-refractivity contribution in [3.05, 3.63) is 53.5 Å². The molecule has 0 saturated heterocycles. The van der Waals surface area contributed by atoms with E-state index in [2.05, 4.69) is 17.6 Å². The molecule has 1 fully saturated rings. The SMILES string of the molecule is C[C@H]1C[C@@H]1c1ccc([C@H]2NC(=O)c3ccccc3N2)o1. The van der Waals surface area contributed by atoms with Gasteiger partial charge in [-0.2, -0.15) is 0 Å². The molecule has 20 heavy (non-hydrogen) atoms. The minimum atomic E-state index is -0.291. The van der Waals surface area contributed by atoms with Gasteiger partial charge in [-0.3, -0.25) is 4.79 Å². The van der Waals surface area contributed by atoms with Gasteiger partial charge in [-0.25, -0.2) is 0 Å². The molecule has 0 unspecified atom stereocenters. The second kappa shape index (κ2) is 4.13. The maximum atomic E-state index is 12.1. The second-order valence-electron chi connectivity index (χ2n) is 5.66. The molecule has 0 radical (unpaired) electrons. The third-order valence-corrected chi connectivity index (χ3v) is 4.15. The molecule has 1 aliphatic heterocycles. The van der Waals surface area contributed by atoms with Gasteiger partial charge in [0.25, 0.3) is 5.91 Å². The topological polar surface area (TPSA) is 54.3 Å². The zero-order valence-corrected chi connectivity index (χ0v) is 11.2. The monoisotopic (exact) mass is 268 g/mol. The van der Waals surface area contributed by atoms with E-state index < -0.39 is 0 Å². The standard InChI is InChI=1S/C16H16N2O2/c1-9-8-11(9)13-6-7-14(20-13)15-17-12-5-3-2-4-10(12)16(19)18-15/h2-7,9,11,15,17H,8H2,1H3,(H,18,19)/t9-,11-,15+/m0/s1. The molecule has 1 aliphatic carbocycles. The van der Waals surface area contributed by atoms with Crippen LogP contribution in [0.15, 0.2) is 40.8 Å². The number of carbonyl (C=O) groups is 1. The Bertz CT molecular complexity index is 677. The largest absolute Gasteiger partial charge is 0.462 e. The van der Waals surface area contributed by atoms with E-state index in [9.17, 15) is 4.79 Å². The number of para-hydroxylation sites is 1. The Labute approximate surface area is 117 Å². The van der Waals surface area contributed by atoms with Crippen molar-refractivity contribution in [1.29, 1.82) is 0 Å². The first-order chi connectivity index (χ1) is 9.72. The molecule has 0 bridgehead atoms. The van der Waals surface area contributed by atoms with Gasteiger partial charge in [-0.15, -0.1) is 0 Å². The summed E-state index contributed by atoms with van der Waals surface area (Å²) in [7, 11) is 0. The Morgan fingerprint density at radius 1 is 1.10 bits per heavy atom. The summed E-state index contributed by atoms with van der Waals surface area (Å²) in [6, 6.07) is 11.5. The van der Waals surface area contributed by atoms with Gasteiger partial charge in [-0.05, 0) is 36.6 Å². The summed E-state index contributed by atoms with van der Waals surface area (Å²) in [5.41, 5.74) is 1.52. The molecular formula is C16H16N2O2. The summed E-state index contributed by atoms with van der Waals surface area (Å²) in [5, 5.41) is 6.23. The van der Waals surface area contributed by atoms with Crippen molar-refractivity contribution in [2.75, 3.05) is 5.32 Å². The van der Waals surface area contributed by atoms with Gasteiger partial charge < -0.3 is 15.1 Å². The lowest BCUT2D eigenvalue weighted by Crippen LogP contribution is -2.38. The summed E-state index contributed by atoms with van der Waals surface area (Å²) < 4.78 is 5.90. The number of benzene rings is 1. The van der Waals surface area contributed by atoms with Crippen LogP contribution >= 0.6 is 0 Å². The van der Waals surface area contributed by atoms with Crippen molar-refractivity contribution in [2.24, 2.45) is 5.92 Å². The molecule has 0 spiro atoms. The van der Waals surface area contributed by atoms with Gasteiger partial charge in [0.2, 0.25) is 0 Å².